The molecule has 0 aromatic heterocycles. The summed E-state index contributed by atoms with van der Waals surface area (Å²) in [7, 11) is 3.25. The molecule has 1 saturated carbocycles. The summed E-state index contributed by atoms with van der Waals surface area (Å²) in [5, 5.41) is 6.40. The Morgan fingerprint density at radius 1 is 1.11 bits per heavy atom. The summed E-state index contributed by atoms with van der Waals surface area (Å²) < 4.78 is 10.7. The standard InChI is InChI=1S/C21H25ClN2O3/c1-13-9-14(2)19(16(22)10-13)24-20(25)23-12-21(7-8-21)15-5-6-17(26-3)18(11-15)27-4/h5-6,9-11H,7-8,12H2,1-4H3,(H2,23,24,25). The van der Waals surface area contributed by atoms with Crippen molar-refractivity contribution < 1.29 is 14.3 Å². The Morgan fingerprint density at radius 2 is 1.81 bits per heavy atom. The molecule has 0 atom stereocenters. The van der Waals surface area contributed by atoms with E-state index in [0.717, 1.165) is 29.5 Å². The molecule has 0 radical (unpaired) electrons. The van der Waals surface area contributed by atoms with Gasteiger partial charge in [-0.05, 0) is 61.6 Å². The number of rotatable bonds is 6. The van der Waals surface area contributed by atoms with E-state index in [1.807, 2.05) is 44.2 Å². The van der Waals surface area contributed by atoms with Gasteiger partial charge in [-0.1, -0.05) is 23.7 Å². The van der Waals surface area contributed by atoms with E-state index in [1.165, 1.54) is 0 Å². The molecule has 2 amide bonds. The van der Waals surface area contributed by atoms with E-state index in [-0.39, 0.29) is 11.4 Å². The van der Waals surface area contributed by atoms with Crippen LogP contribution in [0.4, 0.5) is 10.5 Å². The average molecular weight is 389 g/mol. The number of hydrogen-bond acceptors (Lipinski definition) is 3. The first kappa shape index (κ1) is 19.4. The van der Waals surface area contributed by atoms with E-state index in [0.29, 0.717) is 28.8 Å². The van der Waals surface area contributed by atoms with Gasteiger partial charge in [-0.2, -0.15) is 0 Å². The molecule has 3 rings (SSSR count). The van der Waals surface area contributed by atoms with E-state index in [4.69, 9.17) is 21.1 Å². The highest BCUT2D eigenvalue weighted by molar-refractivity contribution is 6.34. The molecule has 0 saturated heterocycles. The molecule has 0 bridgehead atoms. The van der Waals surface area contributed by atoms with Gasteiger partial charge >= 0.3 is 6.03 Å². The maximum Gasteiger partial charge on any atom is 0.319 e. The number of methoxy groups -OCH3 is 2. The third-order valence-electron chi connectivity index (χ3n) is 5.11. The molecule has 5 nitrogen and oxygen atoms in total. The van der Waals surface area contributed by atoms with Gasteiger partial charge in [0.1, 0.15) is 0 Å². The SMILES string of the molecule is COc1ccc(C2(CNC(=O)Nc3c(C)cc(C)cc3Cl)CC2)cc1OC. The van der Waals surface area contributed by atoms with Crippen LogP contribution in [-0.2, 0) is 5.41 Å². The second kappa shape index (κ2) is 7.69. The van der Waals surface area contributed by atoms with Crippen molar-refractivity contribution in [3.05, 3.63) is 52.0 Å². The van der Waals surface area contributed by atoms with Crippen molar-refractivity contribution in [2.45, 2.75) is 32.1 Å². The lowest BCUT2D eigenvalue weighted by Crippen LogP contribution is -2.35. The van der Waals surface area contributed by atoms with Gasteiger partial charge in [0.15, 0.2) is 11.5 Å². The summed E-state index contributed by atoms with van der Waals surface area (Å²) in [5.41, 5.74) is 3.74. The van der Waals surface area contributed by atoms with Crippen molar-refractivity contribution in [2.24, 2.45) is 0 Å². The van der Waals surface area contributed by atoms with Gasteiger partial charge < -0.3 is 20.1 Å². The topological polar surface area (TPSA) is 59.6 Å². The maximum absolute atomic E-state index is 12.4. The summed E-state index contributed by atoms with van der Waals surface area (Å²) in [6, 6.07) is 9.52. The molecular formula is C21H25ClN2O3. The van der Waals surface area contributed by atoms with Crippen molar-refractivity contribution in [1.29, 1.82) is 0 Å². The van der Waals surface area contributed by atoms with Crippen LogP contribution in [0.25, 0.3) is 0 Å². The Balaban J connectivity index is 1.67. The molecule has 27 heavy (non-hydrogen) atoms. The highest BCUT2D eigenvalue weighted by atomic mass is 35.5. The highest BCUT2D eigenvalue weighted by Gasteiger charge is 2.44. The molecule has 1 fully saturated rings. The van der Waals surface area contributed by atoms with Crippen LogP contribution >= 0.6 is 11.6 Å². The molecule has 1 aliphatic rings. The number of hydrogen-bond donors (Lipinski definition) is 2. The summed E-state index contributed by atoms with van der Waals surface area (Å²) in [6.45, 7) is 4.46. The van der Waals surface area contributed by atoms with Gasteiger partial charge in [-0.15, -0.1) is 0 Å². The highest BCUT2D eigenvalue weighted by Crippen LogP contribution is 2.49. The number of anilines is 1. The summed E-state index contributed by atoms with van der Waals surface area (Å²) in [5.74, 6) is 1.40. The summed E-state index contributed by atoms with van der Waals surface area (Å²) in [6.07, 6.45) is 2.04. The Bertz CT molecular complexity index is 839. The van der Waals surface area contributed by atoms with Gasteiger partial charge in [-0.25, -0.2) is 4.79 Å². The fraction of sp³-hybridized carbons (Fsp3) is 0.381. The van der Waals surface area contributed by atoms with Crippen molar-refractivity contribution in [3.8, 4) is 11.5 Å². The van der Waals surface area contributed by atoms with Crippen LogP contribution in [0.15, 0.2) is 30.3 Å². The third-order valence-corrected chi connectivity index (χ3v) is 5.41. The molecule has 144 valence electrons. The maximum atomic E-state index is 12.4. The van der Waals surface area contributed by atoms with Crippen LogP contribution in [0.3, 0.4) is 0 Å². The predicted molar refractivity (Wildman–Crippen MR) is 108 cm³/mol. The van der Waals surface area contributed by atoms with Gasteiger partial charge in [0, 0.05) is 12.0 Å². The monoisotopic (exact) mass is 388 g/mol. The van der Waals surface area contributed by atoms with Crippen LogP contribution in [0.1, 0.15) is 29.5 Å². The lowest BCUT2D eigenvalue weighted by atomic mass is 9.95. The number of benzene rings is 2. The van der Waals surface area contributed by atoms with E-state index < -0.39 is 0 Å². The zero-order valence-corrected chi connectivity index (χ0v) is 16.9. The fourth-order valence-electron chi connectivity index (χ4n) is 3.37. The number of carbonyl (C=O) groups excluding carboxylic acids is 1. The van der Waals surface area contributed by atoms with Crippen LogP contribution in [0.2, 0.25) is 5.02 Å². The quantitative estimate of drug-likeness (QED) is 0.745. The molecule has 2 aromatic carbocycles. The minimum atomic E-state index is -0.254. The summed E-state index contributed by atoms with van der Waals surface area (Å²) in [4.78, 5) is 12.4. The van der Waals surface area contributed by atoms with Crippen molar-refractivity contribution >= 4 is 23.3 Å². The first-order valence-corrected chi connectivity index (χ1v) is 9.30. The second-order valence-electron chi connectivity index (χ2n) is 7.10. The molecule has 1 aliphatic carbocycles. The minimum Gasteiger partial charge on any atom is -0.493 e. The van der Waals surface area contributed by atoms with Crippen molar-refractivity contribution in [1.82, 2.24) is 5.32 Å². The zero-order chi connectivity index (χ0) is 19.6. The number of urea groups is 1. The normalized spacial score (nSPS) is 14.4. The van der Waals surface area contributed by atoms with Crippen LogP contribution in [0.5, 0.6) is 11.5 Å². The number of halogens is 1. The number of amides is 2. The smallest absolute Gasteiger partial charge is 0.319 e. The van der Waals surface area contributed by atoms with Crippen LogP contribution < -0.4 is 20.1 Å². The third kappa shape index (κ3) is 4.14. The number of aryl methyl sites for hydroxylation is 2. The Kier molecular flexibility index (Phi) is 5.51. The number of nitrogens with one attached hydrogen (secondary N) is 2. The zero-order valence-electron chi connectivity index (χ0n) is 16.1. The first-order valence-electron chi connectivity index (χ1n) is 8.92. The van der Waals surface area contributed by atoms with Crippen LogP contribution in [0, 0.1) is 13.8 Å². The van der Waals surface area contributed by atoms with Gasteiger partial charge in [-0.3, -0.25) is 0 Å². The Morgan fingerprint density at radius 3 is 2.41 bits per heavy atom. The first-order chi connectivity index (χ1) is 12.9. The molecule has 0 heterocycles. The molecule has 0 aliphatic heterocycles. The van der Waals surface area contributed by atoms with E-state index in [1.54, 1.807) is 14.2 Å². The number of carbonyl (C=O) groups is 1. The van der Waals surface area contributed by atoms with E-state index in [2.05, 4.69) is 10.6 Å². The second-order valence-corrected chi connectivity index (χ2v) is 7.50. The van der Waals surface area contributed by atoms with Crippen molar-refractivity contribution in [3.63, 3.8) is 0 Å². The molecule has 2 N–H and O–H groups in total. The minimum absolute atomic E-state index is 0.0526. The lowest BCUT2D eigenvalue weighted by molar-refractivity contribution is 0.251. The number of ether oxygens (including phenoxy) is 2. The molecule has 0 spiro atoms. The largest absolute Gasteiger partial charge is 0.493 e. The van der Waals surface area contributed by atoms with Gasteiger partial charge in [0.05, 0.1) is 24.9 Å². The summed E-state index contributed by atoms with van der Waals surface area (Å²) >= 11 is 6.27. The lowest BCUT2D eigenvalue weighted by Gasteiger charge is -2.19. The van der Waals surface area contributed by atoms with Crippen LogP contribution in [-0.4, -0.2) is 26.8 Å². The molecule has 2 aromatic rings. The Hall–Kier alpha value is -2.40. The fourth-order valence-corrected chi connectivity index (χ4v) is 3.73. The molecule has 0 unspecified atom stereocenters. The van der Waals surface area contributed by atoms with E-state index >= 15 is 0 Å². The predicted octanol–water partition coefficient (Wildman–Crippen LogP) is 4.83. The van der Waals surface area contributed by atoms with Gasteiger partial charge in [0.25, 0.3) is 0 Å². The Labute approximate surface area is 165 Å². The van der Waals surface area contributed by atoms with E-state index in [9.17, 15) is 4.79 Å². The average Bonchev–Trinajstić information content (AvgIpc) is 3.43. The van der Waals surface area contributed by atoms with Crippen molar-refractivity contribution in [2.75, 3.05) is 26.1 Å². The van der Waals surface area contributed by atoms with Gasteiger partial charge in [0.2, 0.25) is 0 Å². The molecular weight excluding hydrogens is 364 g/mol. The molecule has 6 heteroatoms.